The van der Waals surface area contributed by atoms with Gasteiger partial charge in [0.25, 0.3) is 0 Å². The number of hydrogen-bond acceptors (Lipinski definition) is 2. The van der Waals surface area contributed by atoms with Gasteiger partial charge < -0.3 is 4.74 Å². The van der Waals surface area contributed by atoms with Gasteiger partial charge in [0.2, 0.25) is 0 Å². The van der Waals surface area contributed by atoms with Crippen molar-refractivity contribution >= 4 is 27.8 Å². The fraction of sp³-hybridized carbons (Fsp3) is 0.235. The van der Waals surface area contributed by atoms with Crippen LogP contribution in [0.4, 0.5) is 5.69 Å². The van der Waals surface area contributed by atoms with Crippen molar-refractivity contribution in [3.8, 4) is 5.75 Å². The van der Waals surface area contributed by atoms with Gasteiger partial charge in [-0.1, -0.05) is 53.5 Å². The standard InChI is InChI=1S/C17H18BrNO/c1-2-3-12-20-17-7-5-4-6-16(17)19-13-14-8-10-15(18)11-9-14/h4-11,13H,2-3,12H2,1H3. The Labute approximate surface area is 128 Å². The van der Waals surface area contributed by atoms with Crippen LogP contribution in [0, 0.1) is 0 Å². The normalized spacial score (nSPS) is 10.9. The molecule has 0 saturated heterocycles. The van der Waals surface area contributed by atoms with Crippen molar-refractivity contribution < 1.29 is 4.74 Å². The molecular weight excluding hydrogens is 314 g/mol. The zero-order valence-corrected chi connectivity index (χ0v) is 13.1. The first kappa shape index (κ1) is 14.8. The third-order valence-electron chi connectivity index (χ3n) is 2.84. The Morgan fingerprint density at radius 3 is 2.60 bits per heavy atom. The molecule has 2 rings (SSSR count). The summed E-state index contributed by atoms with van der Waals surface area (Å²) in [5.41, 5.74) is 1.93. The molecule has 0 unspecified atom stereocenters. The molecule has 0 aliphatic carbocycles. The van der Waals surface area contributed by atoms with Crippen LogP contribution in [-0.4, -0.2) is 12.8 Å². The summed E-state index contributed by atoms with van der Waals surface area (Å²) in [6.07, 6.45) is 4.05. The first-order chi connectivity index (χ1) is 9.79. The molecule has 0 amide bonds. The van der Waals surface area contributed by atoms with Crippen LogP contribution in [-0.2, 0) is 0 Å². The average Bonchev–Trinajstić information content (AvgIpc) is 2.48. The Hall–Kier alpha value is -1.61. The Kier molecular flexibility index (Phi) is 5.81. The molecular formula is C17H18BrNO. The maximum atomic E-state index is 5.76. The summed E-state index contributed by atoms with van der Waals surface area (Å²) in [5.74, 6) is 0.842. The zero-order chi connectivity index (χ0) is 14.2. The topological polar surface area (TPSA) is 21.6 Å². The molecule has 0 radical (unpaired) electrons. The minimum absolute atomic E-state index is 0.737. The van der Waals surface area contributed by atoms with E-state index in [1.54, 1.807) is 0 Å². The van der Waals surface area contributed by atoms with Gasteiger partial charge in [-0.15, -0.1) is 0 Å². The third-order valence-corrected chi connectivity index (χ3v) is 3.37. The molecule has 0 saturated carbocycles. The van der Waals surface area contributed by atoms with E-state index < -0.39 is 0 Å². The Morgan fingerprint density at radius 1 is 1.10 bits per heavy atom. The van der Waals surface area contributed by atoms with Crippen LogP contribution in [0.25, 0.3) is 0 Å². The van der Waals surface area contributed by atoms with Crippen molar-refractivity contribution in [2.24, 2.45) is 4.99 Å². The fourth-order valence-corrected chi connectivity index (χ4v) is 1.97. The van der Waals surface area contributed by atoms with Gasteiger partial charge in [0.15, 0.2) is 0 Å². The highest BCUT2D eigenvalue weighted by Crippen LogP contribution is 2.27. The minimum Gasteiger partial charge on any atom is -0.491 e. The Bertz CT molecular complexity index is 563. The van der Waals surface area contributed by atoms with E-state index in [4.69, 9.17) is 4.74 Å². The molecule has 0 aliphatic rings. The number of benzene rings is 2. The SMILES string of the molecule is CCCCOc1ccccc1N=Cc1ccc(Br)cc1. The van der Waals surface area contributed by atoms with E-state index in [0.29, 0.717) is 0 Å². The van der Waals surface area contributed by atoms with Gasteiger partial charge in [0.05, 0.1) is 6.61 Å². The highest BCUT2D eigenvalue weighted by Gasteiger charge is 2.00. The Morgan fingerprint density at radius 2 is 1.85 bits per heavy atom. The monoisotopic (exact) mass is 331 g/mol. The number of nitrogens with zero attached hydrogens (tertiary/aromatic N) is 1. The fourth-order valence-electron chi connectivity index (χ4n) is 1.71. The molecule has 0 aromatic heterocycles. The number of hydrogen-bond donors (Lipinski definition) is 0. The van der Waals surface area contributed by atoms with Crippen LogP contribution in [0.1, 0.15) is 25.3 Å². The van der Waals surface area contributed by atoms with E-state index in [1.807, 2.05) is 54.7 Å². The molecule has 20 heavy (non-hydrogen) atoms. The maximum absolute atomic E-state index is 5.76. The van der Waals surface area contributed by atoms with Crippen molar-refractivity contribution in [1.82, 2.24) is 0 Å². The first-order valence-corrected chi connectivity index (χ1v) is 7.60. The number of aliphatic imine (C=N–C) groups is 1. The number of halogens is 1. The summed E-state index contributed by atoms with van der Waals surface area (Å²) in [7, 11) is 0. The lowest BCUT2D eigenvalue weighted by molar-refractivity contribution is 0.310. The van der Waals surface area contributed by atoms with E-state index in [0.717, 1.165) is 40.9 Å². The second kappa shape index (κ2) is 7.85. The number of para-hydroxylation sites is 2. The van der Waals surface area contributed by atoms with Gasteiger partial charge in [-0.3, -0.25) is 4.99 Å². The number of ether oxygens (including phenoxy) is 1. The van der Waals surface area contributed by atoms with E-state index in [1.165, 1.54) is 0 Å². The quantitative estimate of drug-likeness (QED) is 0.514. The van der Waals surface area contributed by atoms with Crippen LogP contribution in [0.2, 0.25) is 0 Å². The van der Waals surface area contributed by atoms with Gasteiger partial charge in [-0.2, -0.15) is 0 Å². The zero-order valence-electron chi connectivity index (χ0n) is 11.6. The summed E-state index contributed by atoms with van der Waals surface area (Å²) < 4.78 is 6.83. The lowest BCUT2D eigenvalue weighted by atomic mass is 10.2. The third kappa shape index (κ3) is 4.49. The smallest absolute Gasteiger partial charge is 0.144 e. The second-order valence-corrected chi connectivity index (χ2v) is 5.40. The molecule has 0 fully saturated rings. The summed E-state index contributed by atoms with van der Waals surface area (Å²) in [4.78, 5) is 4.52. The van der Waals surface area contributed by atoms with Gasteiger partial charge in [-0.05, 0) is 36.2 Å². The molecule has 0 heterocycles. The maximum Gasteiger partial charge on any atom is 0.144 e. The molecule has 0 atom stereocenters. The average molecular weight is 332 g/mol. The molecule has 3 heteroatoms. The van der Waals surface area contributed by atoms with Gasteiger partial charge in [0.1, 0.15) is 11.4 Å². The van der Waals surface area contributed by atoms with Crippen LogP contribution < -0.4 is 4.74 Å². The predicted octanol–water partition coefficient (Wildman–Crippen LogP) is 5.38. The molecule has 2 nitrogen and oxygen atoms in total. The van der Waals surface area contributed by atoms with Crippen LogP contribution >= 0.6 is 15.9 Å². The van der Waals surface area contributed by atoms with Crippen molar-refractivity contribution in [2.75, 3.05) is 6.61 Å². The lowest BCUT2D eigenvalue weighted by Crippen LogP contribution is -1.96. The molecule has 0 N–H and O–H groups in total. The first-order valence-electron chi connectivity index (χ1n) is 6.81. The molecule has 0 bridgehead atoms. The van der Waals surface area contributed by atoms with E-state index in [9.17, 15) is 0 Å². The number of unbranched alkanes of at least 4 members (excludes halogenated alkanes) is 1. The predicted molar refractivity (Wildman–Crippen MR) is 88.2 cm³/mol. The van der Waals surface area contributed by atoms with Crippen molar-refractivity contribution in [3.63, 3.8) is 0 Å². The molecule has 0 aliphatic heterocycles. The summed E-state index contributed by atoms with van der Waals surface area (Å²) in [5, 5.41) is 0. The molecule has 2 aromatic rings. The second-order valence-electron chi connectivity index (χ2n) is 4.48. The van der Waals surface area contributed by atoms with E-state index in [-0.39, 0.29) is 0 Å². The van der Waals surface area contributed by atoms with E-state index in [2.05, 4.69) is 27.8 Å². The summed E-state index contributed by atoms with van der Waals surface area (Å²) in [6.45, 7) is 2.89. The minimum atomic E-state index is 0.737. The van der Waals surface area contributed by atoms with E-state index >= 15 is 0 Å². The van der Waals surface area contributed by atoms with Crippen LogP contribution in [0.15, 0.2) is 58.0 Å². The molecule has 2 aromatic carbocycles. The lowest BCUT2D eigenvalue weighted by Gasteiger charge is -2.07. The Balaban J connectivity index is 2.10. The van der Waals surface area contributed by atoms with Crippen molar-refractivity contribution in [1.29, 1.82) is 0 Å². The van der Waals surface area contributed by atoms with Crippen LogP contribution in [0.5, 0.6) is 5.75 Å². The van der Waals surface area contributed by atoms with Gasteiger partial charge in [-0.25, -0.2) is 0 Å². The highest BCUT2D eigenvalue weighted by atomic mass is 79.9. The summed E-state index contributed by atoms with van der Waals surface area (Å²) >= 11 is 3.42. The van der Waals surface area contributed by atoms with Gasteiger partial charge in [0, 0.05) is 10.7 Å². The molecule has 104 valence electrons. The van der Waals surface area contributed by atoms with Crippen molar-refractivity contribution in [2.45, 2.75) is 19.8 Å². The largest absolute Gasteiger partial charge is 0.491 e. The number of rotatable bonds is 6. The van der Waals surface area contributed by atoms with Crippen LogP contribution in [0.3, 0.4) is 0 Å². The molecule has 0 spiro atoms. The highest BCUT2D eigenvalue weighted by molar-refractivity contribution is 9.10. The van der Waals surface area contributed by atoms with Gasteiger partial charge >= 0.3 is 0 Å². The summed E-state index contributed by atoms with van der Waals surface area (Å²) in [6, 6.07) is 15.9. The van der Waals surface area contributed by atoms with Crippen molar-refractivity contribution in [3.05, 3.63) is 58.6 Å².